The fourth-order valence-corrected chi connectivity index (χ4v) is 3.49. The Labute approximate surface area is 157 Å². The van der Waals surface area contributed by atoms with Crippen LogP contribution in [-0.4, -0.2) is 43.4 Å². The van der Waals surface area contributed by atoms with Crippen molar-refractivity contribution >= 4 is 17.5 Å². The zero-order chi connectivity index (χ0) is 19.1. The average Bonchev–Trinajstić information content (AvgIpc) is 2.59. The lowest BCUT2D eigenvalue weighted by molar-refractivity contribution is -0.862. The van der Waals surface area contributed by atoms with Crippen molar-refractivity contribution < 1.29 is 14.5 Å². The molecule has 2 rings (SSSR count). The van der Waals surface area contributed by atoms with Crippen LogP contribution in [0, 0.1) is 13.8 Å². The summed E-state index contributed by atoms with van der Waals surface area (Å²) in [6.45, 7) is 7.27. The van der Waals surface area contributed by atoms with Crippen LogP contribution in [0.5, 0.6) is 0 Å². The van der Waals surface area contributed by atoms with Gasteiger partial charge in [-0.2, -0.15) is 0 Å². The number of benzene rings is 1. The summed E-state index contributed by atoms with van der Waals surface area (Å²) in [5.41, 5.74) is 4.12. The van der Waals surface area contributed by atoms with Crippen LogP contribution in [0.1, 0.15) is 43.7 Å². The van der Waals surface area contributed by atoms with Crippen molar-refractivity contribution in [3.63, 3.8) is 0 Å². The first-order valence-electron chi connectivity index (χ1n) is 9.59. The number of carbonyl (C=O) groups excluding carboxylic acids is 2. The number of quaternary nitrogens is 1. The van der Waals surface area contributed by atoms with Gasteiger partial charge in [0.05, 0.1) is 7.05 Å². The van der Waals surface area contributed by atoms with E-state index in [1.54, 1.807) is 0 Å². The Morgan fingerprint density at radius 1 is 1.15 bits per heavy atom. The van der Waals surface area contributed by atoms with Crippen molar-refractivity contribution in [1.29, 1.82) is 0 Å². The van der Waals surface area contributed by atoms with E-state index in [1.807, 2.05) is 50.9 Å². The third-order valence-corrected chi connectivity index (χ3v) is 4.89. The monoisotopic (exact) mass is 358 g/mol. The second-order valence-electron chi connectivity index (χ2n) is 7.20. The first-order chi connectivity index (χ1) is 12.4. The fourth-order valence-electron chi connectivity index (χ4n) is 3.49. The van der Waals surface area contributed by atoms with Crippen LogP contribution < -0.4 is 10.2 Å². The van der Waals surface area contributed by atoms with Crippen LogP contribution in [-0.2, 0) is 9.59 Å². The molecule has 0 aliphatic heterocycles. The van der Waals surface area contributed by atoms with Crippen molar-refractivity contribution in [2.75, 3.05) is 32.0 Å². The Morgan fingerprint density at radius 3 is 2.42 bits per heavy atom. The predicted octanol–water partition coefficient (Wildman–Crippen LogP) is 2.06. The second kappa shape index (κ2) is 9.53. The summed E-state index contributed by atoms with van der Waals surface area (Å²) in [6, 6.07) is 5.95. The van der Waals surface area contributed by atoms with E-state index in [1.165, 1.54) is 6.42 Å². The number of likely N-dealkylation sites (N-methyl/N-ethyl adjacent to an activating group) is 2. The number of hydrogen-bond acceptors (Lipinski definition) is 2. The molecule has 1 aliphatic rings. The molecule has 1 atom stereocenters. The van der Waals surface area contributed by atoms with Gasteiger partial charge in [0.15, 0.2) is 13.1 Å². The van der Waals surface area contributed by atoms with Crippen LogP contribution in [0.25, 0.3) is 0 Å². The van der Waals surface area contributed by atoms with Gasteiger partial charge >= 0.3 is 0 Å². The second-order valence-corrected chi connectivity index (χ2v) is 7.20. The molecule has 1 unspecified atom stereocenters. The normalized spacial score (nSPS) is 15.2. The predicted molar refractivity (Wildman–Crippen MR) is 105 cm³/mol. The van der Waals surface area contributed by atoms with Gasteiger partial charge in [-0.3, -0.25) is 9.59 Å². The molecule has 1 aromatic rings. The Morgan fingerprint density at radius 2 is 1.85 bits per heavy atom. The quantitative estimate of drug-likeness (QED) is 0.784. The van der Waals surface area contributed by atoms with Gasteiger partial charge < -0.3 is 15.1 Å². The number of nitrogens with one attached hydrogen (secondary N) is 2. The van der Waals surface area contributed by atoms with Gasteiger partial charge in [0.25, 0.3) is 11.8 Å². The number of hydrogen-bond donors (Lipinski definition) is 2. The van der Waals surface area contributed by atoms with E-state index in [0.29, 0.717) is 13.1 Å². The number of rotatable bonds is 7. The Hall–Kier alpha value is -2.14. The van der Waals surface area contributed by atoms with E-state index < -0.39 is 0 Å². The number of carbonyl (C=O) groups is 2. The highest BCUT2D eigenvalue weighted by molar-refractivity contribution is 5.93. The van der Waals surface area contributed by atoms with Crippen molar-refractivity contribution in [1.82, 2.24) is 4.90 Å². The maximum Gasteiger partial charge on any atom is 0.281 e. The van der Waals surface area contributed by atoms with Gasteiger partial charge in [0.2, 0.25) is 0 Å². The third kappa shape index (κ3) is 5.43. The standard InChI is InChI=1S/C21H31N3O2/c1-5-24(18-12-7-6-8-13-18)20(26)15-23(4)14-19(25)22-21-16(2)10-9-11-17(21)3/h9-12H,5-8,13-15H2,1-4H3,(H,22,25)/p+1. The summed E-state index contributed by atoms with van der Waals surface area (Å²) in [6.07, 6.45) is 6.58. The summed E-state index contributed by atoms with van der Waals surface area (Å²) < 4.78 is 0. The molecule has 2 amide bonds. The van der Waals surface area contributed by atoms with E-state index in [-0.39, 0.29) is 18.4 Å². The van der Waals surface area contributed by atoms with Gasteiger partial charge in [-0.05, 0) is 57.6 Å². The molecule has 0 saturated carbocycles. The van der Waals surface area contributed by atoms with Crippen molar-refractivity contribution in [2.24, 2.45) is 0 Å². The Balaban J connectivity index is 1.90. The molecule has 142 valence electrons. The molecular formula is C21H32N3O2+. The van der Waals surface area contributed by atoms with E-state index in [9.17, 15) is 9.59 Å². The number of aryl methyl sites for hydroxylation is 2. The van der Waals surface area contributed by atoms with Crippen LogP contribution in [0.4, 0.5) is 5.69 Å². The molecule has 2 N–H and O–H groups in total. The summed E-state index contributed by atoms with van der Waals surface area (Å²) in [4.78, 5) is 27.8. The summed E-state index contributed by atoms with van der Waals surface area (Å²) in [5.74, 6) is 0.0330. The molecule has 0 fully saturated rings. The van der Waals surface area contributed by atoms with Crippen LogP contribution in [0.3, 0.4) is 0 Å². The first kappa shape index (κ1) is 20.2. The van der Waals surface area contributed by atoms with E-state index >= 15 is 0 Å². The molecule has 0 saturated heterocycles. The molecule has 0 spiro atoms. The number of allylic oxidation sites excluding steroid dienone is 2. The molecule has 0 radical (unpaired) electrons. The molecule has 5 heteroatoms. The van der Waals surface area contributed by atoms with E-state index in [4.69, 9.17) is 0 Å². The highest BCUT2D eigenvalue weighted by Crippen LogP contribution is 2.21. The summed E-state index contributed by atoms with van der Waals surface area (Å²) >= 11 is 0. The lowest BCUT2D eigenvalue weighted by Gasteiger charge is -2.27. The summed E-state index contributed by atoms with van der Waals surface area (Å²) in [7, 11) is 1.89. The van der Waals surface area contributed by atoms with Gasteiger partial charge in [-0.25, -0.2) is 0 Å². The lowest BCUT2D eigenvalue weighted by atomic mass is 10.0. The molecule has 26 heavy (non-hydrogen) atoms. The highest BCUT2D eigenvalue weighted by atomic mass is 16.2. The number of anilines is 1. The van der Waals surface area contributed by atoms with E-state index in [0.717, 1.165) is 46.7 Å². The van der Waals surface area contributed by atoms with Crippen molar-refractivity contribution in [2.45, 2.75) is 46.5 Å². The zero-order valence-electron chi connectivity index (χ0n) is 16.5. The molecule has 1 aliphatic carbocycles. The molecular weight excluding hydrogens is 326 g/mol. The van der Waals surface area contributed by atoms with Crippen LogP contribution >= 0.6 is 0 Å². The van der Waals surface area contributed by atoms with Gasteiger partial charge in [-0.15, -0.1) is 0 Å². The number of para-hydroxylation sites is 1. The number of amides is 2. The van der Waals surface area contributed by atoms with Crippen molar-refractivity contribution in [3.05, 3.63) is 41.1 Å². The zero-order valence-corrected chi connectivity index (χ0v) is 16.5. The lowest BCUT2D eigenvalue weighted by Crippen LogP contribution is -3.11. The minimum Gasteiger partial charge on any atom is -0.322 e. The van der Waals surface area contributed by atoms with Crippen molar-refractivity contribution in [3.8, 4) is 0 Å². The van der Waals surface area contributed by atoms with E-state index in [2.05, 4.69) is 11.4 Å². The molecule has 0 bridgehead atoms. The molecule has 1 aromatic carbocycles. The van der Waals surface area contributed by atoms with Gasteiger partial charge in [0, 0.05) is 17.9 Å². The Kier molecular flexibility index (Phi) is 7.39. The largest absolute Gasteiger partial charge is 0.322 e. The third-order valence-electron chi connectivity index (χ3n) is 4.89. The minimum absolute atomic E-state index is 0.0624. The number of nitrogens with zero attached hydrogens (tertiary/aromatic N) is 1. The molecule has 0 aromatic heterocycles. The topological polar surface area (TPSA) is 53.9 Å². The Bertz CT molecular complexity index is 662. The smallest absolute Gasteiger partial charge is 0.281 e. The van der Waals surface area contributed by atoms with Gasteiger partial charge in [-0.1, -0.05) is 24.3 Å². The highest BCUT2D eigenvalue weighted by Gasteiger charge is 2.22. The summed E-state index contributed by atoms with van der Waals surface area (Å²) in [5, 5.41) is 2.99. The molecule has 0 heterocycles. The maximum absolute atomic E-state index is 12.7. The van der Waals surface area contributed by atoms with Crippen LogP contribution in [0.2, 0.25) is 0 Å². The maximum atomic E-state index is 12.7. The van der Waals surface area contributed by atoms with Crippen LogP contribution in [0.15, 0.2) is 30.0 Å². The average molecular weight is 359 g/mol. The van der Waals surface area contributed by atoms with Gasteiger partial charge in [0.1, 0.15) is 0 Å². The first-order valence-corrected chi connectivity index (χ1v) is 9.59. The SMILES string of the molecule is CCN(C(=O)C[NH+](C)CC(=O)Nc1c(C)cccc1C)C1=CCCCC1. The minimum atomic E-state index is -0.0624. The molecule has 5 nitrogen and oxygen atoms in total. The fraction of sp³-hybridized carbons (Fsp3) is 0.524.